The predicted molar refractivity (Wildman–Crippen MR) is 106 cm³/mol. The molecule has 0 unspecified atom stereocenters. The second-order valence-electron chi connectivity index (χ2n) is 6.45. The summed E-state index contributed by atoms with van der Waals surface area (Å²) in [5.74, 6) is -0.0561. The van der Waals surface area contributed by atoms with Gasteiger partial charge in [0.1, 0.15) is 0 Å². The van der Waals surface area contributed by atoms with Gasteiger partial charge < -0.3 is 10.6 Å². The summed E-state index contributed by atoms with van der Waals surface area (Å²) in [4.78, 5) is 26.6. The minimum atomic E-state index is -0.0495. The lowest BCUT2D eigenvalue weighted by Gasteiger charge is -2.31. The Labute approximate surface area is 161 Å². The van der Waals surface area contributed by atoms with Crippen molar-refractivity contribution in [3.63, 3.8) is 0 Å². The number of nitrogens with one attached hydrogen (secondary N) is 2. The van der Waals surface area contributed by atoms with Crippen molar-refractivity contribution in [3.8, 4) is 0 Å². The molecule has 2 N–H and O–H groups in total. The zero-order valence-corrected chi connectivity index (χ0v) is 16.0. The van der Waals surface area contributed by atoms with E-state index in [0.717, 1.165) is 36.1 Å². The average Bonchev–Trinajstić information content (AvgIpc) is 2.64. The zero-order valence-electron chi connectivity index (χ0n) is 14.5. The van der Waals surface area contributed by atoms with Crippen molar-refractivity contribution >= 4 is 33.4 Å². The Kier molecular flexibility index (Phi) is 6.41. The van der Waals surface area contributed by atoms with Gasteiger partial charge in [0.2, 0.25) is 5.91 Å². The van der Waals surface area contributed by atoms with Crippen molar-refractivity contribution in [1.29, 1.82) is 0 Å². The number of benzene rings is 2. The summed E-state index contributed by atoms with van der Waals surface area (Å²) >= 11 is 3.39. The average molecular weight is 416 g/mol. The molecule has 0 atom stereocenters. The van der Waals surface area contributed by atoms with Gasteiger partial charge in [-0.3, -0.25) is 14.5 Å². The van der Waals surface area contributed by atoms with Crippen LogP contribution < -0.4 is 10.6 Å². The molecule has 2 aromatic rings. The van der Waals surface area contributed by atoms with Gasteiger partial charge in [-0.1, -0.05) is 40.2 Å². The molecule has 2 amide bonds. The minimum absolute atomic E-state index is 0.00665. The predicted octanol–water partition coefficient (Wildman–Crippen LogP) is 3.28. The SMILES string of the molecule is O=C(CN1CCC(NC(=O)c2cccc(Br)c2)CC1)Nc1ccccc1. The molecule has 1 fully saturated rings. The monoisotopic (exact) mass is 415 g/mol. The summed E-state index contributed by atoms with van der Waals surface area (Å²) in [5.41, 5.74) is 1.47. The number of hydrogen-bond donors (Lipinski definition) is 2. The van der Waals surface area contributed by atoms with Crippen LogP contribution in [0.4, 0.5) is 5.69 Å². The van der Waals surface area contributed by atoms with Crippen LogP contribution in [0.1, 0.15) is 23.2 Å². The van der Waals surface area contributed by atoms with E-state index in [9.17, 15) is 9.59 Å². The van der Waals surface area contributed by atoms with E-state index >= 15 is 0 Å². The van der Waals surface area contributed by atoms with Gasteiger partial charge >= 0.3 is 0 Å². The van der Waals surface area contributed by atoms with Gasteiger partial charge in [0.25, 0.3) is 5.91 Å². The van der Waals surface area contributed by atoms with Crippen molar-refractivity contribution in [2.24, 2.45) is 0 Å². The van der Waals surface area contributed by atoms with Crippen LogP contribution in [0.5, 0.6) is 0 Å². The van der Waals surface area contributed by atoms with Crippen LogP contribution in [0.3, 0.4) is 0 Å². The molecule has 0 spiro atoms. The van der Waals surface area contributed by atoms with Gasteiger partial charge in [0, 0.05) is 34.9 Å². The third-order valence-corrected chi connectivity index (χ3v) is 4.93. The zero-order chi connectivity index (χ0) is 18.4. The van der Waals surface area contributed by atoms with E-state index in [1.54, 1.807) is 0 Å². The van der Waals surface area contributed by atoms with Crippen molar-refractivity contribution in [1.82, 2.24) is 10.2 Å². The van der Waals surface area contributed by atoms with Gasteiger partial charge in [0.15, 0.2) is 0 Å². The Bertz CT molecular complexity index is 759. The molecule has 0 bridgehead atoms. The maximum atomic E-state index is 12.3. The molecule has 0 aromatic heterocycles. The van der Waals surface area contributed by atoms with Gasteiger partial charge in [-0.15, -0.1) is 0 Å². The lowest BCUT2D eigenvalue weighted by Crippen LogP contribution is -2.46. The van der Waals surface area contributed by atoms with Gasteiger partial charge in [-0.25, -0.2) is 0 Å². The fourth-order valence-electron chi connectivity index (χ4n) is 3.06. The van der Waals surface area contributed by atoms with Crippen molar-refractivity contribution < 1.29 is 9.59 Å². The first-order chi connectivity index (χ1) is 12.6. The van der Waals surface area contributed by atoms with Crippen LogP contribution in [0.2, 0.25) is 0 Å². The van der Waals surface area contributed by atoms with E-state index < -0.39 is 0 Å². The first kappa shape index (κ1) is 18.6. The summed E-state index contributed by atoms with van der Waals surface area (Å²) in [5, 5.41) is 5.99. The molecule has 1 aliphatic rings. The number of rotatable bonds is 5. The van der Waals surface area contributed by atoms with E-state index in [2.05, 4.69) is 31.5 Å². The van der Waals surface area contributed by atoms with E-state index in [4.69, 9.17) is 0 Å². The molecule has 5 nitrogen and oxygen atoms in total. The number of hydrogen-bond acceptors (Lipinski definition) is 3. The van der Waals surface area contributed by atoms with Gasteiger partial charge in [-0.05, 0) is 43.2 Å². The molecule has 136 valence electrons. The molecular formula is C20H22BrN3O2. The summed E-state index contributed by atoms with van der Waals surface area (Å²) in [6.45, 7) is 1.97. The van der Waals surface area contributed by atoms with Gasteiger partial charge in [0.05, 0.1) is 6.54 Å². The highest BCUT2D eigenvalue weighted by Crippen LogP contribution is 2.14. The number of piperidine rings is 1. The number of carbonyl (C=O) groups excluding carboxylic acids is 2. The van der Waals surface area contributed by atoms with Crippen LogP contribution in [-0.4, -0.2) is 42.4 Å². The minimum Gasteiger partial charge on any atom is -0.349 e. The van der Waals surface area contributed by atoms with E-state index in [1.807, 2.05) is 54.6 Å². The highest BCUT2D eigenvalue weighted by molar-refractivity contribution is 9.10. The fraction of sp³-hybridized carbons (Fsp3) is 0.300. The lowest BCUT2D eigenvalue weighted by molar-refractivity contribution is -0.117. The summed E-state index contributed by atoms with van der Waals surface area (Å²) < 4.78 is 0.893. The first-order valence-electron chi connectivity index (χ1n) is 8.74. The number of carbonyl (C=O) groups is 2. The number of likely N-dealkylation sites (tertiary alicyclic amines) is 1. The Morgan fingerprint density at radius 1 is 1.04 bits per heavy atom. The summed E-state index contributed by atoms with van der Waals surface area (Å²) in [7, 11) is 0. The third-order valence-electron chi connectivity index (χ3n) is 4.43. The van der Waals surface area contributed by atoms with Crippen LogP contribution in [-0.2, 0) is 4.79 Å². The molecule has 1 saturated heterocycles. The van der Waals surface area contributed by atoms with Crippen LogP contribution >= 0.6 is 15.9 Å². The standard InChI is InChI=1S/C20H22BrN3O2/c21-16-6-4-5-15(13-16)20(26)23-18-9-11-24(12-10-18)14-19(25)22-17-7-2-1-3-8-17/h1-8,13,18H,9-12,14H2,(H,22,25)(H,23,26). The molecule has 6 heteroatoms. The largest absolute Gasteiger partial charge is 0.349 e. The quantitative estimate of drug-likeness (QED) is 0.787. The Hall–Kier alpha value is -2.18. The number of nitrogens with zero attached hydrogens (tertiary/aromatic N) is 1. The van der Waals surface area contributed by atoms with Crippen molar-refractivity contribution in [2.45, 2.75) is 18.9 Å². The Morgan fingerprint density at radius 2 is 1.77 bits per heavy atom. The van der Waals surface area contributed by atoms with Crippen molar-refractivity contribution in [3.05, 3.63) is 64.6 Å². The smallest absolute Gasteiger partial charge is 0.251 e. The van der Waals surface area contributed by atoms with Crippen LogP contribution in [0.25, 0.3) is 0 Å². The topological polar surface area (TPSA) is 61.4 Å². The maximum absolute atomic E-state index is 12.3. The first-order valence-corrected chi connectivity index (χ1v) is 9.53. The van der Waals surface area contributed by atoms with E-state index in [-0.39, 0.29) is 17.9 Å². The number of para-hydroxylation sites is 1. The normalized spacial score (nSPS) is 15.4. The highest BCUT2D eigenvalue weighted by Gasteiger charge is 2.22. The molecule has 0 saturated carbocycles. The van der Waals surface area contributed by atoms with Crippen molar-refractivity contribution in [2.75, 3.05) is 25.0 Å². The fourth-order valence-corrected chi connectivity index (χ4v) is 3.46. The number of amides is 2. The molecule has 26 heavy (non-hydrogen) atoms. The molecule has 2 aromatic carbocycles. The summed E-state index contributed by atoms with van der Waals surface area (Å²) in [6.07, 6.45) is 1.69. The Morgan fingerprint density at radius 3 is 2.46 bits per heavy atom. The summed E-state index contributed by atoms with van der Waals surface area (Å²) in [6, 6.07) is 17.0. The molecule has 1 heterocycles. The number of anilines is 1. The molecule has 1 aliphatic heterocycles. The second kappa shape index (κ2) is 8.96. The molecule has 3 rings (SSSR count). The molecular weight excluding hydrogens is 394 g/mol. The lowest BCUT2D eigenvalue weighted by atomic mass is 10.0. The second-order valence-corrected chi connectivity index (χ2v) is 7.36. The maximum Gasteiger partial charge on any atom is 0.251 e. The van der Waals surface area contributed by atoms with E-state index in [1.165, 1.54) is 0 Å². The van der Waals surface area contributed by atoms with Crippen LogP contribution in [0, 0.1) is 0 Å². The third kappa shape index (κ3) is 5.41. The highest BCUT2D eigenvalue weighted by atomic mass is 79.9. The Balaban J connectivity index is 1.42. The molecule has 0 radical (unpaired) electrons. The molecule has 0 aliphatic carbocycles. The van der Waals surface area contributed by atoms with Gasteiger partial charge in [-0.2, -0.15) is 0 Å². The van der Waals surface area contributed by atoms with E-state index in [0.29, 0.717) is 12.1 Å². The number of halogens is 1. The van der Waals surface area contributed by atoms with Crippen LogP contribution in [0.15, 0.2) is 59.1 Å².